The molecule has 1 heterocycles. The van der Waals surface area contributed by atoms with Crippen LogP contribution in [0.3, 0.4) is 0 Å². The Hall–Kier alpha value is -3.62. The lowest BCUT2D eigenvalue weighted by atomic mass is 10.0. The van der Waals surface area contributed by atoms with Gasteiger partial charge < -0.3 is 19.5 Å². The molecule has 1 amide bonds. The SMILES string of the molecule is COc1cc(CNC(=O)Cn2nnc(-c3ccc(C(C)C)cc3)n2)cc(OC)c1OC. The van der Waals surface area contributed by atoms with E-state index in [2.05, 4.69) is 34.6 Å². The van der Waals surface area contributed by atoms with Crippen molar-refractivity contribution < 1.29 is 19.0 Å². The molecule has 0 bridgehead atoms. The summed E-state index contributed by atoms with van der Waals surface area (Å²) in [6.07, 6.45) is 0. The third-order valence-corrected chi connectivity index (χ3v) is 4.79. The Bertz CT molecular complexity index is 1010. The van der Waals surface area contributed by atoms with Crippen LogP contribution in [0.2, 0.25) is 0 Å². The van der Waals surface area contributed by atoms with Crippen molar-refractivity contribution in [3.05, 3.63) is 47.5 Å². The summed E-state index contributed by atoms with van der Waals surface area (Å²) in [5, 5.41) is 15.2. The fraction of sp³-hybridized carbons (Fsp3) is 0.364. The lowest BCUT2D eigenvalue weighted by Crippen LogP contribution is -2.28. The van der Waals surface area contributed by atoms with Crippen LogP contribution in [0.25, 0.3) is 11.4 Å². The normalized spacial score (nSPS) is 10.8. The first-order chi connectivity index (χ1) is 14.9. The predicted molar refractivity (Wildman–Crippen MR) is 115 cm³/mol. The second kappa shape index (κ2) is 9.92. The first-order valence-corrected chi connectivity index (χ1v) is 9.88. The second-order valence-electron chi connectivity index (χ2n) is 7.23. The highest BCUT2D eigenvalue weighted by molar-refractivity contribution is 5.75. The van der Waals surface area contributed by atoms with Crippen LogP contribution < -0.4 is 19.5 Å². The third-order valence-electron chi connectivity index (χ3n) is 4.79. The van der Waals surface area contributed by atoms with Gasteiger partial charge in [0.1, 0.15) is 6.54 Å². The van der Waals surface area contributed by atoms with Gasteiger partial charge in [0, 0.05) is 12.1 Å². The molecule has 0 spiro atoms. The van der Waals surface area contributed by atoms with Gasteiger partial charge in [-0.15, -0.1) is 10.2 Å². The van der Waals surface area contributed by atoms with E-state index in [0.29, 0.717) is 29.0 Å². The predicted octanol–water partition coefficient (Wildman–Crippen LogP) is 2.81. The van der Waals surface area contributed by atoms with Gasteiger partial charge in [-0.05, 0) is 34.4 Å². The minimum atomic E-state index is -0.243. The Morgan fingerprint density at radius 3 is 2.23 bits per heavy atom. The molecule has 1 aromatic heterocycles. The molecule has 31 heavy (non-hydrogen) atoms. The number of aromatic nitrogens is 4. The second-order valence-corrected chi connectivity index (χ2v) is 7.23. The summed E-state index contributed by atoms with van der Waals surface area (Å²) in [6, 6.07) is 11.6. The van der Waals surface area contributed by atoms with Gasteiger partial charge in [-0.2, -0.15) is 4.80 Å². The van der Waals surface area contributed by atoms with Gasteiger partial charge in [-0.3, -0.25) is 4.79 Å². The molecule has 3 aromatic rings. The summed E-state index contributed by atoms with van der Waals surface area (Å²) in [6.45, 7) is 4.52. The maximum Gasteiger partial charge on any atom is 0.243 e. The number of carbonyl (C=O) groups excluding carboxylic acids is 1. The van der Waals surface area contributed by atoms with Gasteiger partial charge in [-0.25, -0.2) is 0 Å². The van der Waals surface area contributed by atoms with Crippen LogP contribution in [0.1, 0.15) is 30.9 Å². The molecule has 1 N–H and O–H groups in total. The Labute approximate surface area is 181 Å². The molecule has 0 radical (unpaired) electrons. The zero-order valence-corrected chi connectivity index (χ0v) is 18.4. The number of benzene rings is 2. The fourth-order valence-corrected chi connectivity index (χ4v) is 3.07. The number of nitrogens with one attached hydrogen (secondary N) is 1. The van der Waals surface area contributed by atoms with E-state index in [1.807, 2.05) is 24.3 Å². The van der Waals surface area contributed by atoms with E-state index in [1.54, 1.807) is 33.5 Å². The molecule has 0 atom stereocenters. The number of ether oxygens (including phenoxy) is 3. The molecule has 0 aliphatic heterocycles. The number of rotatable bonds is 9. The van der Waals surface area contributed by atoms with Gasteiger partial charge >= 0.3 is 0 Å². The maximum atomic E-state index is 12.4. The number of hydrogen-bond donors (Lipinski definition) is 1. The van der Waals surface area contributed by atoms with E-state index in [0.717, 1.165) is 11.1 Å². The van der Waals surface area contributed by atoms with Crippen LogP contribution in [0.5, 0.6) is 17.2 Å². The Morgan fingerprint density at radius 1 is 1.03 bits per heavy atom. The summed E-state index contributed by atoms with van der Waals surface area (Å²) in [7, 11) is 4.63. The summed E-state index contributed by atoms with van der Waals surface area (Å²) >= 11 is 0. The first-order valence-electron chi connectivity index (χ1n) is 9.88. The van der Waals surface area contributed by atoms with Crippen LogP contribution in [-0.4, -0.2) is 47.4 Å². The Kier molecular flexibility index (Phi) is 7.07. The number of hydrogen-bond acceptors (Lipinski definition) is 7. The molecule has 0 fully saturated rings. The van der Waals surface area contributed by atoms with E-state index >= 15 is 0 Å². The van der Waals surface area contributed by atoms with E-state index in [4.69, 9.17) is 14.2 Å². The minimum absolute atomic E-state index is 0.0402. The average Bonchev–Trinajstić information content (AvgIpc) is 3.25. The average molecular weight is 425 g/mol. The van der Waals surface area contributed by atoms with Crippen LogP contribution in [-0.2, 0) is 17.9 Å². The van der Waals surface area contributed by atoms with Crippen LogP contribution in [0.15, 0.2) is 36.4 Å². The molecule has 164 valence electrons. The van der Waals surface area contributed by atoms with Crippen molar-refractivity contribution in [2.24, 2.45) is 0 Å². The van der Waals surface area contributed by atoms with Gasteiger partial charge in [-0.1, -0.05) is 38.1 Å². The van der Waals surface area contributed by atoms with Crippen molar-refractivity contribution >= 4 is 5.91 Å². The highest BCUT2D eigenvalue weighted by Gasteiger charge is 2.14. The standard InChI is InChI=1S/C22H27N5O4/c1-14(2)16-6-8-17(9-7-16)22-24-26-27(25-22)13-20(28)23-12-15-10-18(29-3)21(31-5)19(11-15)30-4/h6-11,14H,12-13H2,1-5H3,(H,23,28). The molecule has 0 unspecified atom stereocenters. The molecular formula is C22H27N5O4. The van der Waals surface area contributed by atoms with Crippen molar-refractivity contribution in [1.29, 1.82) is 0 Å². The zero-order chi connectivity index (χ0) is 22.4. The van der Waals surface area contributed by atoms with E-state index < -0.39 is 0 Å². The maximum absolute atomic E-state index is 12.4. The molecule has 0 aliphatic rings. The summed E-state index contributed by atoms with van der Waals surface area (Å²) in [5.74, 6) is 2.24. The number of tetrazole rings is 1. The molecule has 3 rings (SSSR count). The highest BCUT2D eigenvalue weighted by Crippen LogP contribution is 2.38. The summed E-state index contributed by atoms with van der Waals surface area (Å²) in [5.41, 5.74) is 2.90. The minimum Gasteiger partial charge on any atom is -0.493 e. The van der Waals surface area contributed by atoms with Crippen LogP contribution >= 0.6 is 0 Å². The topological polar surface area (TPSA) is 100 Å². The van der Waals surface area contributed by atoms with Gasteiger partial charge in [0.05, 0.1) is 21.3 Å². The monoisotopic (exact) mass is 425 g/mol. The van der Waals surface area contributed by atoms with Gasteiger partial charge in [0.25, 0.3) is 0 Å². The van der Waals surface area contributed by atoms with Crippen molar-refractivity contribution in [2.45, 2.75) is 32.9 Å². The zero-order valence-electron chi connectivity index (χ0n) is 18.4. The van der Waals surface area contributed by atoms with Crippen molar-refractivity contribution in [3.8, 4) is 28.6 Å². The van der Waals surface area contributed by atoms with Gasteiger partial charge in [0.15, 0.2) is 11.5 Å². The van der Waals surface area contributed by atoms with E-state index in [1.165, 1.54) is 10.4 Å². The van der Waals surface area contributed by atoms with Crippen LogP contribution in [0.4, 0.5) is 0 Å². The fourth-order valence-electron chi connectivity index (χ4n) is 3.07. The Morgan fingerprint density at radius 2 is 1.68 bits per heavy atom. The highest BCUT2D eigenvalue weighted by atomic mass is 16.5. The molecule has 2 aromatic carbocycles. The van der Waals surface area contributed by atoms with E-state index in [-0.39, 0.29) is 19.0 Å². The smallest absolute Gasteiger partial charge is 0.243 e. The quantitative estimate of drug-likeness (QED) is 0.563. The number of amides is 1. The number of carbonyl (C=O) groups is 1. The molecule has 9 nitrogen and oxygen atoms in total. The largest absolute Gasteiger partial charge is 0.493 e. The summed E-state index contributed by atoms with van der Waals surface area (Å²) < 4.78 is 16.0. The molecule has 9 heteroatoms. The van der Waals surface area contributed by atoms with E-state index in [9.17, 15) is 4.79 Å². The molecular weight excluding hydrogens is 398 g/mol. The molecule has 0 saturated carbocycles. The lowest BCUT2D eigenvalue weighted by Gasteiger charge is -2.14. The number of methoxy groups -OCH3 is 3. The van der Waals surface area contributed by atoms with Crippen molar-refractivity contribution in [1.82, 2.24) is 25.5 Å². The third kappa shape index (κ3) is 5.30. The van der Waals surface area contributed by atoms with Crippen molar-refractivity contribution in [3.63, 3.8) is 0 Å². The lowest BCUT2D eigenvalue weighted by molar-refractivity contribution is -0.122. The van der Waals surface area contributed by atoms with Crippen LogP contribution in [0, 0.1) is 0 Å². The van der Waals surface area contributed by atoms with Gasteiger partial charge in [0.2, 0.25) is 17.5 Å². The molecule has 0 aliphatic carbocycles. The van der Waals surface area contributed by atoms with Crippen molar-refractivity contribution in [2.75, 3.05) is 21.3 Å². The Balaban J connectivity index is 1.62. The first kappa shape index (κ1) is 22.1. The molecule has 0 saturated heterocycles. The summed E-state index contributed by atoms with van der Waals surface area (Å²) in [4.78, 5) is 13.6. The number of nitrogens with zero attached hydrogens (tertiary/aromatic N) is 4.